The fraction of sp³-hybridized carbons (Fsp3) is 0.778. The lowest BCUT2D eigenvalue weighted by molar-refractivity contribution is -0.122. The van der Waals surface area contributed by atoms with Gasteiger partial charge in [-0.15, -0.1) is 0 Å². The monoisotopic (exact) mass is 182 g/mol. The van der Waals surface area contributed by atoms with E-state index in [9.17, 15) is 9.59 Å². The van der Waals surface area contributed by atoms with Crippen molar-refractivity contribution in [3.05, 3.63) is 0 Å². The van der Waals surface area contributed by atoms with E-state index in [1.54, 1.807) is 7.05 Å². The van der Waals surface area contributed by atoms with Gasteiger partial charge in [0.25, 0.3) is 0 Å². The van der Waals surface area contributed by atoms with Crippen LogP contribution in [0.3, 0.4) is 0 Å². The Kier molecular flexibility index (Phi) is 2.07. The summed E-state index contributed by atoms with van der Waals surface area (Å²) >= 11 is 0. The molecule has 1 N–H and O–H groups in total. The Morgan fingerprint density at radius 3 is 2.62 bits per heavy atom. The Morgan fingerprint density at radius 2 is 2.15 bits per heavy atom. The van der Waals surface area contributed by atoms with Crippen molar-refractivity contribution in [2.24, 2.45) is 17.8 Å². The lowest BCUT2D eigenvalue weighted by Crippen LogP contribution is -2.30. The number of nitrogens with zero attached hydrogens (tertiary/aromatic N) is 1. The first kappa shape index (κ1) is 8.69. The summed E-state index contributed by atoms with van der Waals surface area (Å²) in [5.74, 6) is 1.42. The summed E-state index contributed by atoms with van der Waals surface area (Å²) in [6, 6.07) is 0. The fourth-order valence-corrected chi connectivity index (χ4v) is 2.42. The van der Waals surface area contributed by atoms with E-state index in [-0.39, 0.29) is 11.8 Å². The van der Waals surface area contributed by atoms with Gasteiger partial charge in [-0.3, -0.25) is 9.69 Å². The minimum absolute atomic E-state index is 0.167. The van der Waals surface area contributed by atoms with Gasteiger partial charge in [-0.2, -0.15) is 0 Å². The van der Waals surface area contributed by atoms with Gasteiger partial charge in [0.05, 0.1) is 6.54 Å². The summed E-state index contributed by atoms with van der Waals surface area (Å²) in [6.45, 7) is 2.36. The van der Waals surface area contributed by atoms with Crippen LogP contribution in [-0.4, -0.2) is 43.8 Å². The molecule has 72 valence electrons. The summed E-state index contributed by atoms with van der Waals surface area (Å²) in [5.41, 5.74) is 0. The van der Waals surface area contributed by atoms with Crippen LogP contribution in [-0.2, 0) is 9.59 Å². The molecule has 13 heavy (non-hydrogen) atoms. The van der Waals surface area contributed by atoms with Crippen LogP contribution in [0.4, 0.5) is 0 Å². The molecule has 0 bridgehead atoms. The molecule has 1 aliphatic heterocycles. The summed E-state index contributed by atoms with van der Waals surface area (Å²) in [4.78, 5) is 23.6. The van der Waals surface area contributed by atoms with Crippen molar-refractivity contribution in [2.75, 3.05) is 26.7 Å². The average molecular weight is 182 g/mol. The molecule has 0 aromatic rings. The third-order valence-corrected chi connectivity index (χ3v) is 3.15. The zero-order valence-electron chi connectivity index (χ0n) is 7.69. The minimum atomic E-state index is 0.167. The molecule has 2 fully saturated rings. The summed E-state index contributed by atoms with van der Waals surface area (Å²) < 4.78 is 0. The molecular formula is C9H14N2O2. The SMILES string of the molecule is CNC(=O)C1[C@H]2CN(CC=O)C[C@@H]12. The van der Waals surface area contributed by atoms with Crippen LogP contribution < -0.4 is 5.32 Å². The molecule has 0 aromatic heterocycles. The van der Waals surface area contributed by atoms with Gasteiger partial charge in [0, 0.05) is 26.1 Å². The highest BCUT2D eigenvalue weighted by atomic mass is 16.2. The Balaban J connectivity index is 1.83. The van der Waals surface area contributed by atoms with Gasteiger partial charge < -0.3 is 10.1 Å². The number of hydrogen-bond acceptors (Lipinski definition) is 3. The number of carbonyl (C=O) groups is 2. The lowest BCUT2D eigenvalue weighted by atomic mass is 10.2. The number of fused-ring (bicyclic) bond motifs is 1. The number of rotatable bonds is 3. The smallest absolute Gasteiger partial charge is 0.223 e. The molecule has 1 heterocycles. The topological polar surface area (TPSA) is 49.4 Å². The van der Waals surface area contributed by atoms with Gasteiger partial charge in [0.2, 0.25) is 5.91 Å². The lowest BCUT2D eigenvalue weighted by Gasteiger charge is -2.15. The maximum Gasteiger partial charge on any atom is 0.223 e. The molecule has 1 aliphatic carbocycles. The maximum atomic E-state index is 11.3. The predicted octanol–water partition coefficient (Wildman–Crippen LogP) is -0.891. The van der Waals surface area contributed by atoms with Crippen LogP contribution in [0.25, 0.3) is 0 Å². The Hall–Kier alpha value is -0.900. The highest BCUT2D eigenvalue weighted by molar-refractivity contribution is 5.82. The predicted molar refractivity (Wildman–Crippen MR) is 47.0 cm³/mol. The standard InChI is InChI=1S/C9H14N2O2/c1-10-9(13)8-6-4-11(2-3-12)5-7(6)8/h3,6-8H,2,4-5H2,1H3,(H,10,13)/t6-,7+,8?. The third kappa shape index (κ3) is 1.35. The number of nitrogens with one attached hydrogen (secondary N) is 1. The van der Waals surface area contributed by atoms with Gasteiger partial charge in [-0.1, -0.05) is 0 Å². The normalized spacial score (nSPS) is 36.8. The Labute approximate surface area is 77.3 Å². The maximum absolute atomic E-state index is 11.3. The molecule has 1 unspecified atom stereocenters. The number of piperidine rings is 1. The molecule has 1 amide bonds. The second-order valence-corrected chi connectivity index (χ2v) is 3.85. The highest BCUT2D eigenvalue weighted by Crippen LogP contribution is 2.51. The second-order valence-electron chi connectivity index (χ2n) is 3.85. The van der Waals surface area contributed by atoms with Crippen molar-refractivity contribution in [2.45, 2.75) is 0 Å². The fourth-order valence-electron chi connectivity index (χ4n) is 2.42. The number of carbonyl (C=O) groups excluding carboxylic acids is 2. The van der Waals surface area contributed by atoms with E-state index in [0.717, 1.165) is 19.4 Å². The quantitative estimate of drug-likeness (QED) is 0.576. The van der Waals surface area contributed by atoms with Crippen molar-refractivity contribution in [3.63, 3.8) is 0 Å². The van der Waals surface area contributed by atoms with Crippen molar-refractivity contribution in [1.82, 2.24) is 10.2 Å². The van der Waals surface area contributed by atoms with Crippen LogP contribution in [0.2, 0.25) is 0 Å². The van der Waals surface area contributed by atoms with Crippen molar-refractivity contribution >= 4 is 12.2 Å². The van der Waals surface area contributed by atoms with Crippen LogP contribution >= 0.6 is 0 Å². The molecule has 2 aliphatic rings. The summed E-state index contributed by atoms with van der Waals surface area (Å²) in [6.07, 6.45) is 0.930. The highest BCUT2D eigenvalue weighted by Gasteiger charge is 2.58. The summed E-state index contributed by atoms with van der Waals surface area (Å²) in [5, 5.41) is 2.68. The average Bonchev–Trinajstić information content (AvgIpc) is 2.63. The first-order chi connectivity index (χ1) is 6.27. The second kappa shape index (κ2) is 3.10. The van der Waals surface area contributed by atoms with Crippen molar-refractivity contribution in [1.29, 1.82) is 0 Å². The van der Waals surface area contributed by atoms with Crippen LogP contribution in [0.5, 0.6) is 0 Å². The van der Waals surface area contributed by atoms with Gasteiger partial charge >= 0.3 is 0 Å². The molecule has 0 aromatic carbocycles. The largest absolute Gasteiger partial charge is 0.359 e. The van der Waals surface area contributed by atoms with E-state index < -0.39 is 0 Å². The van der Waals surface area contributed by atoms with Gasteiger partial charge in [-0.25, -0.2) is 0 Å². The van der Waals surface area contributed by atoms with Crippen LogP contribution in [0.1, 0.15) is 0 Å². The molecule has 1 saturated heterocycles. The van der Waals surface area contributed by atoms with E-state index in [1.807, 2.05) is 0 Å². The number of likely N-dealkylation sites (tertiary alicyclic amines) is 1. The van der Waals surface area contributed by atoms with Crippen LogP contribution in [0.15, 0.2) is 0 Å². The van der Waals surface area contributed by atoms with Crippen molar-refractivity contribution < 1.29 is 9.59 Å². The molecule has 3 atom stereocenters. The molecule has 2 rings (SSSR count). The number of aldehydes is 1. The van der Waals surface area contributed by atoms with Gasteiger partial charge in [-0.05, 0) is 11.8 Å². The molecular weight excluding hydrogens is 168 g/mol. The zero-order valence-corrected chi connectivity index (χ0v) is 7.69. The molecule has 0 radical (unpaired) electrons. The third-order valence-electron chi connectivity index (χ3n) is 3.15. The van der Waals surface area contributed by atoms with Gasteiger partial charge in [0.1, 0.15) is 6.29 Å². The van der Waals surface area contributed by atoms with E-state index in [4.69, 9.17) is 0 Å². The molecule has 4 nitrogen and oxygen atoms in total. The van der Waals surface area contributed by atoms with Crippen molar-refractivity contribution in [3.8, 4) is 0 Å². The van der Waals surface area contributed by atoms with E-state index in [1.165, 1.54) is 0 Å². The number of hydrogen-bond donors (Lipinski definition) is 1. The molecule has 4 heteroatoms. The molecule has 0 spiro atoms. The van der Waals surface area contributed by atoms with Crippen LogP contribution in [0, 0.1) is 17.8 Å². The first-order valence-electron chi connectivity index (χ1n) is 4.65. The Morgan fingerprint density at radius 1 is 1.54 bits per heavy atom. The van der Waals surface area contributed by atoms with E-state index >= 15 is 0 Å². The minimum Gasteiger partial charge on any atom is -0.359 e. The van der Waals surface area contributed by atoms with E-state index in [2.05, 4.69) is 10.2 Å². The first-order valence-corrected chi connectivity index (χ1v) is 4.65. The van der Waals surface area contributed by atoms with Gasteiger partial charge in [0.15, 0.2) is 0 Å². The Bertz CT molecular complexity index is 230. The molecule has 1 saturated carbocycles. The summed E-state index contributed by atoms with van der Waals surface area (Å²) in [7, 11) is 1.68. The number of amides is 1. The van der Waals surface area contributed by atoms with E-state index in [0.29, 0.717) is 18.4 Å². The zero-order chi connectivity index (χ0) is 9.42.